The molecule has 0 rings (SSSR count). The van der Waals surface area contributed by atoms with Crippen LogP contribution in [0.25, 0.3) is 0 Å². The van der Waals surface area contributed by atoms with Gasteiger partial charge in [0.25, 0.3) is 0 Å². The summed E-state index contributed by atoms with van der Waals surface area (Å²) in [6.07, 6.45) is 4.39. The van der Waals surface area contributed by atoms with Crippen molar-refractivity contribution in [2.45, 2.75) is 25.4 Å². The Morgan fingerprint density at radius 3 is 2.31 bits per heavy atom. The van der Waals surface area contributed by atoms with Gasteiger partial charge in [-0.2, -0.15) is 13.2 Å². The summed E-state index contributed by atoms with van der Waals surface area (Å²) in [7, 11) is 0. The van der Waals surface area contributed by atoms with E-state index in [4.69, 9.17) is 0 Å². The van der Waals surface area contributed by atoms with Crippen LogP contribution in [0.5, 0.6) is 0 Å². The van der Waals surface area contributed by atoms with Crippen LogP contribution in [-0.2, 0) is 0 Å². The maximum Gasteiger partial charge on any atom is 0.389 e. The summed E-state index contributed by atoms with van der Waals surface area (Å²) in [5.74, 6) is 0. The Morgan fingerprint density at radius 2 is 1.77 bits per heavy atom. The first-order valence-corrected chi connectivity index (χ1v) is 4.07. The molecule has 0 aliphatic carbocycles. The fourth-order valence-corrected chi connectivity index (χ4v) is 0.738. The highest BCUT2D eigenvalue weighted by Crippen LogP contribution is 2.22. The van der Waals surface area contributed by atoms with Crippen LogP contribution < -0.4 is 0 Å². The molecule has 0 saturated heterocycles. The summed E-state index contributed by atoms with van der Waals surface area (Å²) >= 11 is 0. The van der Waals surface area contributed by atoms with Crippen LogP contribution >= 0.6 is 0 Å². The maximum atomic E-state index is 11.6. The molecule has 0 aromatic heterocycles. The molecule has 0 aromatic rings. The topological polar surface area (TPSA) is 0 Å². The summed E-state index contributed by atoms with van der Waals surface area (Å²) in [4.78, 5) is 0. The SMILES string of the molecule is C=C/C=C\C=C/CCCC(F)(F)F. The van der Waals surface area contributed by atoms with Gasteiger partial charge in [-0.05, 0) is 12.8 Å². The minimum atomic E-state index is -4.02. The second kappa shape index (κ2) is 6.52. The molecule has 0 atom stereocenters. The van der Waals surface area contributed by atoms with Gasteiger partial charge in [0.1, 0.15) is 0 Å². The molecule has 0 aliphatic rings. The lowest BCUT2D eigenvalue weighted by molar-refractivity contribution is -0.135. The molecule has 13 heavy (non-hydrogen) atoms. The van der Waals surface area contributed by atoms with Gasteiger partial charge < -0.3 is 0 Å². The Hall–Kier alpha value is -0.990. The molecular formula is C10H13F3. The van der Waals surface area contributed by atoms with Gasteiger partial charge in [-0.3, -0.25) is 0 Å². The highest BCUT2D eigenvalue weighted by atomic mass is 19.4. The summed E-state index contributed by atoms with van der Waals surface area (Å²) < 4.78 is 34.9. The third-order valence-electron chi connectivity index (χ3n) is 1.33. The molecule has 0 unspecified atom stereocenters. The Balaban J connectivity index is 3.40. The van der Waals surface area contributed by atoms with Crippen LogP contribution in [0.1, 0.15) is 19.3 Å². The third kappa shape index (κ3) is 11.0. The second-order valence-electron chi connectivity index (χ2n) is 2.56. The lowest BCUT2D eigenvalue weighted by Crippen LogP contribution is -2.05. The largest absolute Gasteiger partial charge is 0.389 e. The Bertz CT molecular complexity index is 187. The van der Waals surface area contributed by atoms with Crippen molar-refractivity contribution in [2.24, 2.45) is 0 Å². The number of hydrogen-bond acceptors (Lipinski definition) is 0. The lowest BCUT2D eigenvalue weighted by Gasteiger charge is -2.02. The second-order valence-corrected chi connectivity index (χ2v) is 2.56. The van der Waals surface area contributed by atoms with Crippen molar-refractivity contribution in [1.29, 1.82) is 0 Å². The molecule has 0 fully saturated rings. The third-order valence-corrected chi connectivity index (χ3v) is 1.33. The molecule has 0 aromatic carbocycles. The Morgan fingerprint density at radius 1 is 1.08 bits per heavy atom. The summed E-state index contributed by atoms with van der Waals surface area (Å²) in [6, 6.07) is 0. The minimum Gasteiger partial charge on any atom is -0.171 e. The van der Waals surface area contributed by atoms with Gasteiger partial charge in [0.05, 0.1) is 0 Å². The minimum absolute atomic E-state index is 0.155. The van der Waals surface area contributed by atoms with E-state index in [2.05, 4.69) is 6.58 Å². The van der Waals surface area contributed by atoms with Crippen LogP contribution in [0, 0.1) is 0 Å². The van der Waals surface area contributed by atoms with Gasteiger partial charge in [-0.15, -0.1) is 0 Å². The van der Waals surface area contributed by atoms with Crippen molar-refractivity contribution in [3.63, 3.8) is 0 Å². The van der Waals surface area contributed by atoms with Crippen LogP contribution in [0.15, 0.2) is 37.0 Å². The zero-order valence-electron chi connectivity index (χ0n) is 7.35. The fraction of sp³-hybridized carbons (Fsp3) is 0.400. The molecule has 0 saturated carbocycles. The van der Waals surface area contributed by atoms with Crippen LogP contribution in [-0.4, -0.2) is 6.18 Å². The monoisotopic (exact) mass is 190 g/mol. The fourth-order valence-electron chi connectivity index (χ4n) is 0.738. The number of unbranched alkanes of at least 4 members (excludes halogenated alkanes) is 1. The van der Waals surface area contributed by atoms with E-state index in [-0.39, 0.29) is 6.42 Å². The van der Waals surface area contributed by atoms with E-state index in [1.807, 2.05) is 0 Å². The molecule has 0 heterocycles. The molecule has 0 N–H and O–H groups in total. The molecule has 0 amide bonds. The zero-order valence-corrected chi connectivity index (χ0v) is 7.35. The standard InChI is InChI=1S/C10H13F3/c1-2-3-4-5-6-7-8-9-10(11,12)13/h2-6H,1,7-9H2/b4-3-,6-5-. The quantitative estimate of drug-likeness (QED) is 0.453. The van der Waals surface area contributed by atoms with Gasteiger partial charge >= 0.3 is 6.18 Å². The molecule has 0 spiro atoms. The van der Waals surface area contributed by atoms with Crippen molar-refractivity contribution in [3.05, 3.63) is 37.0 Å². The van der Waals surface area contributed by atoms with E-state index < -0.39 is 12.6 Å². The molecular weight excluding hydrogens is 177 g/mol. The summed E-state index contributed by atoms with van der Waals surface area (Å²) in [6.45, 7) is 3.46. The van der Waals surface area contributed by atoms with E-state index in [9.17, 15) is 13.2 Å². The van der Waals surface area contributed by atoms with Crippen LogP contribution in [0.4, 0.5) is 13.2 Å². The highest BCUT2D eigenvalue weighted by molar-refractivity contribution is 5.08. The zero-order chi connectivity index (χ0) is 10.2. The van der Waals surface area contributed by atoms with E-state index >= 15 is 0 Å². The number of alkyl halides is 3. The maximum absolute atomic E-state index is 11.6. The Labute approximate surface area is 76.5 Å². The van der Waals surface area contributed by atoms with E-state index in [1.54, 1.807) is 30.4 Å². The van der Waals surface area contributed by atoms with Crippen LogP contribution in [0.3, 0.4) is 0 Å². The molecule has 3 heteroatoms. The van der Waals surface area contributed by atoms with Gasteiger partial charge in [0.2, 0.25) is 0 Å². The lowest BCUT2D eigenvalue weighted by atomic mass is 10.2. The van der Waals surface area contributed by atoms with Gasteiger partial charge in [0.15, 0.2) is 0 Å². The van der Waals surface area contributed by atoms with E-state index in [0.29, 0.717) is 6.42 Å². The predicted octanol–water partition coefficient (Wildman–Crippen LogP) is 4.02. The van der Waals surface area contributed by atoms with E-state index in [1.165, 1.54) is 0 Å². The summed E-state index contributed by atoms with van der Waals surface area (Å²) in [5, 5.41) is 0. The van der Waals surface area contributed by atoms with Gasteiger partial charge in [-0.1, -0.05) is 37.0 Å². The van der Waals surface area contributed by atoms with Gasteiger partial charge in [-0.25, -0.2) is 0 Å². The van der Waals surface area contributed by atoms with Gasteiger partial charge in [0, 0.05) is 6.42 Å². The average Bonchev–Trinajstić information content (AvgIpc) is 2.01. The van der Waals surface area contributed by atoms with E-state index in [0.717, 1.165) is 0 Å². The average molecular weight is 190 g/mol. The number of rotatable bonds is 5. The number of allylic oxidation sites excluding steroid dienone is 5. The first kappa shape index (κ1) is 12.0. The first-order valence-electron chi connectivity index (χ1n) is 4.07. The molecule has 0 radical (unpaired) electrons. The predicted molar refractivity (Wildman–Crippen MR) is 48.4 cm³/mol. The van der Waals surface area contributed by atoms with Crippen LogP contribution in [0.2, 0.25) is 0 Å². The van der Waals surface area contributed by atoms with Crippen molar-refractivity contribution in [2.75, 3.05) is 0 Å². The first-order chi connectivity index (χ1) is 6.06. The summed E-state index contributed by atoms with van der Waals surface area (Å²) in [5.41, 5.74) is 0. The smallest absolute Gasteiger partial charge is 0.171 e. The molecule has 0 aliphatic heterocycles. The number of halogens is 3. The molecule has 0 bridgehead atoms. The molecule has 74 valence electrons. The van der Waals surface area contributed by atoms with Crippen molar-refractivity contribution >= 4 is 0 Å². The van der Waals surface area contributed by atoms with Crippen molar-refractivity contribution in [3.8, 4) is 0 Å². The number of hydrogen-bond donors (Lipinski definition) is 0. The van der Waals surface area contributed by atoms with Crippen molar-refractivity contribution < 1.29 is 13.2 Å². The normalized spacial score (nSPS) is 12.8. The highest BCUT2D eigenvalue weighted by Gasteiger charge is 2.25. The van der Waals surface area contributed by atoms with Crippen molar-refractivity contribution in [1.82, 2.24) is 0 Å². The Kier molecular flexibility index (Phi) is 6.02. The molecule has 0 nitrogen and oxygen atoms in total.